The average Bonchev–Trinajstić information content (AvgIpc) is 2.85. The summed E-state index contributed by atoms with van der Waals surface area (Å²) in [7, 11) is -1.83. The molecule has 4 nitrogen and oxygen atoms in total. The number of fused-ring (bicyclic) bond motifs is 1. The van der Waals surface area contributed by atoms with Gasteiger partial charge in [-0.25, -0.2) is 0 Å². The van der Waals surface area contributed by atoms with E-state index in [-0.39, 0.29) is 24.1 Å². The molecule has 1 amide bonds. The Balaban J connectivity index is 2.07. The molecule has 5 heteroatoms. The first-order chi connectivity index (χ1) is 12.6. The lowest BCUT2D eigenvalue weighted by atomic mass is 9.81. The minimum Gasteiger partial charge on any atom is -0.416 e. The molecule has 0 unspecified atom stereocenters. The fourth-order valence-corrected chi connectivity index (χ4v) is 11.5. The van der Waals surface area contributed by atoms with E-state index in [1.807, 2.05) is 11.8 Å². The quantitative estimate of drug-likeness (QED) is 0.440. The number of carbonyl (C=O) groups is 1. The summed E-state index contributed by atoms with van der Waals surface area (Å²) in [5.74, 6) is 0.116. The predicted molar refractivity (Wildman–Crippen MR) is 114 cm³/mol. The van der Waals surface area contributed by atoms with E-state index in [1.54, 1.807) is 0 Å². The van der Waals surface area contributed by atoms with E-state index in [0.717, 1.165) is 44.3 Å². The van der Waals surface area contributed by atoms with Crippen molar-refractivity contribution in [3.8, 4) is 0 Å². The van der Waals surface area contributed by atoms with Crippen molar-refractivity contribution in [2.75, 3.05) is 13.2 Å². The summed E-state index contributed by atoms with van der Waals surface area (Å²) >= 11 is 0. The number of amides is 1. The van der Waals surface area contributed by atoms with Crippen LogP contribution < -0.4 is 0 Å². The van der Waals surface area contributed by atoms with Crippen molar-refractivity contribution in [3.63, 3.8) is 0 Å². The maximum absolute atomic E-state index is 12.7. The summed E-state index contributed by atoms with van der Waals surface area (Å²) < 4.78 is 6.72. The number of hydrogen-bond acceptors (Lipinski definition) is 3. The maximum Gasteiger partial charge on any atom is 0.250 e. The second-order valence-electron chi connectivity index (χ2n) is 9.60. The third kappa shape index (κ3) is 4.06. The first-order valence-electron chi connectivity index (χ1n) is 10.9. The van der Waals surface area contributed by atoms with E-state index in [2.05, 4.69) is 47.6 Å². The molecule has 2 atom stereocenters. The van der Waals surface area contributed by atoms with Crippen LogP contribution in [0.4, 0.5) is 0 Å². The van der Waals surface area contributed by atoms with Gasteiger partial charge in [-0.2, -0.15) is 0 Å². The zero-order valence-corrected chi connectivity index (χ0v) is 19.5. The highest BCUT2D eigenvalue weighted by Crippen LogP contribution is 2.44. The summed E-state index contributed by atoms with van der Waals surface area (Å²) in [5.41, 5.74) is 2.42. The molecule has 0 spiro atoms. The lowest BCUT2D eigenvalue weighted by Gasteiger charge is -2.47. The van der Waals surface area contributed by atoms with Crippen LogP contribution in [-0.4, -0.2) is 49.0 Å². The Labute approximate surface area is 167 Å². The number of nitrogens with zero attached hydrogens (tertiary/aromatic N) is 1. The summed E-state index contributed by atoms with van der Waals surface area (Å²) in [6.45, 7) is 16.7. The normalized spacial score (nSPS) is 26.3. The van der Waals surface area contributed by atoms with Crippen LogP contribution in [0.1, 0.15) is 80.6 Å². The molecule has 1 saturated heterocycles. The minimum atomic E-state index is -1.83. The summed E-state index contributed by atoms with van der Waals surface area (Å²) in [6, 6.07) is -0.0312. The summed E-state index contributed by atoms with van der Waals surface area (Å²) in [4.78, 5) is 14.7. The fraction of sp³-hybridized carbons (Fsp3) is 0.864. The smallest absolute Gasteiger partial charge is 0.250 e. The van der Waals surface area contributed by atoms with E-state index in [4.69, 9.17) is 4.43 Å². The molecular formula is C22H41NO3Si. The molecule has 0 radical (unpaired) electrons. The number of aliphatic hydroxyl groups excluding tert-OH is 1. The number of rotatable bonds is 9. The second-order valence-corrected chi connectivity index (χ2v) is 15.1. The number of hydrogen-bond donors (Lipinski definition) is 1. The Bertz CT molecular complexity index is 536. The van der Waals surface area contributed by atoms with Gasteiger partial charge in [-0.1, -0.05) is 47.6 Å². The lowest BCUT2D eigenvalue weighted by molar-refractivity contribution is -0.136. The number of aliphatic hydroxyl groups is 1. The van der Waals surface area contributed by atoms with Crippen molar-refractivity contribution in [2.24, 2.45) is 0 Å². The van der Waals surface area contributed by atoms with E-state index in [0.29, 0.717) is 16.6 Å². The minimum absolute atomic E-state index is 0.0312. The summed E-state index contributed by atoms with van der Waals surface area (Å²) in [5, 5.41) is 9.78. The van der Waals surface area contributed by atoms with Crippen molar-refractivity contribution in [1.82, 2.24) is 4.90 Å². The highest BCUT2D eigenvalue weighted by Gasteiger charge is 2.49. The molecule has 2 aliphatic heterocycles. The maximum atomic E-state index is 12.7. The van der Waals surface area contributed by atoms with Gasteiger partial charge in [0.1, 0.15) is 0 Å². The molecule has 2 aliphatic rings. The van der Waals surface area contributed by atoms with Gasteiger partial charge < -0.3 is 14.4 Å². The van der Waals surface area contributed by atoms with Gasteiger partial charge >= 0.3 is 0 Å². The van der Waals surface area contributed by atoms with Crippen LogP contribution in [0.3, 0.4) is 0 Å². The SMILES string of the molecule is CC1=C[C@]2(CCCO[Si](C(C)C)(C(C)C)C(C)C)CCC[C@H](CO)N2C1=O. The zero-order valence-electron chi connectivity index (χ0n) is 18.5. The van der Waals surface area contributed by atoms with Crippen molar-refractivity contribution in [3.05, 3.63) is 11.6 Å². The largest absolute Gasteiger partial charge is 0.416 e. The molecular weight excluding hydrogens is 354 g/mol. The van der Waals surface area contributed by atoms with Crippen LogP contribution in [0.2, 0.25) is 16.6 Å². The Morgan fingerprint density at radius 2 is 1.81 bits per heavy atom. The van der Waals surface area contributed by atoms with Gasteiger partial charge in [0.2, 0.25) is 5.91 Å². The molecule has 2 heterocycles. The Morgan fingerprint density at radius 1 is 1.22 bits per heavy atom. The van der Waals surface area contributed by atoms with Gasteiger partial charge in [0.05, 0.1) is 18.2 Å². The zero-order chi connectivity index (χ0) is 20.4. The molecule has 1 fully saturated rings. The molecule has 0 bridgehead atoms. The highest BCUT2D eigenvalue weighted by atomic mass is 28.4. The predicted octanol–water partition coefficient (Wildman–Crippen LogP) is 5.03. The first kappa shape index (κ1) is 22.6. The van der Waals surface area contributed by atoms with E-state index >= 15 is 0 Å². The van der Waals surface area contributed by atoms with Crippen LogP contribution in [0.15, 0.2) is 11.6 Å². The Morgan fingerprint density at radius 3 is 2.33 bits per heavy atom. The van der Waals surface area contributed by atoms with Crippen LogP contribution in [0, 0.1) is 0 Å². The van der Waals surface area contributed by atoms with Gasteiger partial charge in [0.15, 0.2) is 8.32 Å². The van der Waals surface area contributed by atoms with E-state index in [9.17, 15) is 9.90 Å². The molecule has 0 saturated carbocycles. The second kappa shape index (κ2) is 8.79. The van der Waals surface area contributed by atoms with Crippen molar-refractivity contribution in [2.45, 2.75) is 109 Å². The molecule has 0 aromatic carbocycles. The van der Waals surface area contributed by atoms with Gasteiger partial charge in [0, 0.05) is 12.2 Å². The average molecular weight is 396 g/mol. The first-order valence-corrected chi connectivity index (χ1v) is 13.0. The third-order valence-electron chi connectivity index (χ3n) is 7.06. The van der Waals surface area contributed by atoms with Crippen LogP contribution >= 0.6 is 0 Å². The molecule has 0 aliphatic carbocycles. The van der Waals surface area contributed by atoms with Gasteiger partial charge in [0.25, 0.3) is 0 Å². The van der Waals surface area contributed by atoms with Crippen LogP contribution in [0.25, 0.3) is 0 Å². The van der Waals surface area contributed by atoms with Crippen molar-refractivity contribution >= 4 is 14.2 Å². The molecule has 0 aromatic heterocycles. The molecule has 27 heavy (non-hydrogen) atoms. The van der Waals surface area contributed by atoms with Gasteiger partial charge in [-0.15, -0.1) is 0 Å². The molecule has 2 rings (SSSR count). The fourth-order valence-electron chi connectivity index (χ4n) is 6.04. The van der Waals surface area contributed by atoms with E-state index < -0.39 is 8.32 Å². The number of carbonyl (C=O) groups excluding carboxylic acids is 1. The van der Waals surface area contributed by atoms with Crippen LogP contribution in [-0.2, 0) is 9.22 Å². The molecule has 1 N–H and O–H groups in total. The third-order valence-corrected chi connectivity index (χ3v) is 13.2. The molecule has 0 aromatic rings. The van der Waals surface area contributed by atoms with Gasteiger partial charge in [-0.3, -0.25) is 4.79 Å². The Kier molecular flexibility index (Phi) is 7.37. The summed E-state index contributed by atoms with van der Waals surface area (Å²) in [6.07, 6.45) is 7.06. The van der Waals surface area contributed by atoms with Gasteiger partial charge in [-0.05, 0) is 55.7 Å². The standard InChI is InChI=1S/C22H41NO3Si/c1-16(2)27(17(3)4,18(5)6)26-13-9-12-22-11-8-10-20(15-24)23(22)21(25)19(7)14-22/h14,16-18,20,24H,8-13,15H2,1-7H3/t20-,22-/m1/s1. The Hall–Kier alpha value is -0.653. The monoisotopic (exact) mass is 395 g/mol. The molecule has 156 valence electrons. The topological polar surface area (TPSA) is 49.8 Å². The number of piperidine rings is 1. The lowest BCUT2D eigenvalue weighted by Crippen LogP contribution is -2.56. The highest BCUT2D eigenvalue weighted by molar-refractivity contribution is 6.77. The van der Waals surface area contributed by atoms with Crippen LogP contribution in [0.5, 0.6) is 0 Å². The van der Waals surface area contributed by atoms with Crippen molar-refractivity contribution in [1.29, 1.82) is 0 Å². The van der Waals surface area contributed by atoms with Crippen molar-refractivity contribution < 1.29 is 14.3 Å². The van der Waals surface area contributed by atoms with E-state index in [1.165, 1.54) is 0 Å².